The Kier molecular flexibility index (Phi) is 8.33. The molecule has 0 aliphatic heterocycles. The van der Waals surface area contributed by atoms with Crippen molar-refractivity contribution in [2.75, 3.05) is 13.2 Å². The minimum atomic E-state index is -1.17. The van der Waals surface area contributed by atoms with E-state index in [1.807, 2.05) is 12.1 Å². The van der Waals surface area contributed by atoms with Gasteiger partial charge in [-0.3, -0.25) is 14.4 Å². The number of esters is 1. The molecule has 4 aromatic rings. The Bertz CT molecular complexity index is 1470. The van der Waals surface area contributed by atoms with Crippen LogP contribution < -0.4 is 16.2 Å². The van der Waals surface area contributed by atoms with Crippen LogP contribution in [0, 0.1) is 0 Å². The van der Waals surface area contributed by atoms with Crippen LogP contribution in [0.4, 0.5) is 0 Å². The van der Waals surface area contributed by atoms with Gasteiger partial charge in [-0.25, -0.2) is 4.79 Å². The number of benzene rings is 3. The number of aromatic nitrogens is 1. The molecule has 0 aliphatic rings. The summed E-state index contributed by atoms with van der Waals surface area (Å²) in [5.74, 6) is -1.56. The number of hydrogen-bond acceptors (Lipinski definition) is 5. The van der Waals surface area contributed by atoms with Crippen molar-refractivity contribution in [3.8, 4) is 0 Å². The molecule has 1 aromatic heterocycles. The number of carbonyl (C=O) groups is 3. The van der Waals surface area contributed by atoms with E-state index in [0.717, 1.165) is 5.39 Å². The van der Waals surface area contributed by atoms with Crippen LogP contribution in [-0.4, -0.2) is 41.5 Å². The zero-order valence-corrected chi connectivity index (χ0v) is 20.5. The second-order valence-corrected chi connectivity index (χ2v) is 8.60. The van der Waals surface area contributed by atoms with Crippen LogP contribution in [0.25, 0.3) is 10.9 Å². The first-order valence-electron chi connectivity index (χ1n) is 11.6. The smallest absolute Gasteiger partial charge is 0.330 e. The summed E-state index contributed by atoms with van der Waals surface area (Å²) in [5.41, 5.74) is 1.07. The van der Waals surface area contributed by atoms with Gasteiger partial charge in [-0.1, -0.05) is 48.0 Å². The molecule has 0 bridgehead atoms. The zero-order chi connectivity index (χ0) is 26.2. The third-order valence-corrected chi connectivity index (χ3v) is 5.88. The van der Waals surface area contributed by atoms with Gasteiger partial charge in [-0.05, 0) is 53.9 Å². The van der Waals surface area contributed by atoms with E-state index >= 15 is 0 Å². The van der Waals surface area contributed by atoms with E-state index in [1.54, 1.807) is 60.7 Å². The van der Waals surface area contributed by atoms with Crippen LogP contribution in [0.3, 0.4) is 0 Å². The summed E-state index contributed by atoms with van der Waals surface area (Å²) in [6.07, 6.45) is 0. The Hall–Kier alpha value is -4.43. The van der Waals surface area contributed by atoms with E-state index in [4.69, 9.17) is 16.3 Å². The second kappa shape index (κ2) is 12.0. The molecule has 0 radical (unpaired) electrons. The highest BCUT2D eigenvalue weighted by Gasteiger charge is 2.25. The molecular weight excluding hydrogens is 494 g/mol. The number of nitrogens with one attached hydrogen (secondary N) is 2. The van der Waals surface area contributed by atoms with Gasteiger partial charge >= 0.3 is 5.97 Å². The fourth-order valence-electron chi connectivity index (χ4n) is 3.75. The molecule has 1 atom stereocenters. The van der Waals surface area contributed by atoms with Crippen molar-refractivity contribution in [1.82, 2.24) is 15.2 Å². The lowest BCUT2D eigenvalue weighted by Crippen LogP contribution is -2.46. The van der Waals surface area contributed by atoms with Crippen molar-refractivity contribution in [2.24, 2.45) is 0 Å². The highest BCUT2D eigenvalue weighted by Crippen LogP contribution is 2.13. The fourth-order valence-corrected chi connectivity index (χ4v) is 3.87. The van der Waals surface area contributed by atoms with Crippen LogP contribution in [0.2, 0.25) is 5.02 Å². The van der Waals surface area contributed by atoms with E-state index in [9.17, 15) is 19.2 Å². The number of para-hydroxylation sites is 1. The first-order valence-corrected chi connectivity index (χ1v) is 11.9. The zero-order valence-electron chi connectivity index (χ0n) is 19.7. The number of pyridine rings is 1. The van der Waals surface area contributed by atoms with Crippen molar-refractivity contribution in [1.29, 1.82) is 0 Å². The second-order valence-electron chi connectivity index (χ2n) is 8.16. The van der Waals surface area contributed by atoms with Gasteiger partial charge in [0.1, 0.15) is 12.6 Å². The number of hydrogen-bond donors (Lipinski definition) is 2. The lowest BCUT2D eigenvalue weighted by atomic mass is 10.1. The summed E-state index contributed by atoms with van der Waals surface area (Å²) < 4.78 is 6.78. The Morgan fingerprint density at radius 2 is 1.49 bits per heavy atom. The molecule has 0 spiro atoms. The highest BCUT2D eigenvalue weighted by molar-refractivity contribution is 6.30. The summed E-state index contributed by atoms with van der Waals surface area (Å²) in [6.45, 7) is -0.185. The number of rotatable bonds is 9. The molecule has 2 N–H and O–H groups in total. The number of fused-ring (bicyclic) bond motifs is 1. The molecule has 37 heavy (non-hydrogen) atoms. The molecule has 3 aromatic carbocycles. The van der Waals surface area contributed by atoms with Crippen LogP contribution >= 0.6 is 11.6 Å². The highest BCUT2D eigenvalue weighted by atomic mass is 35.5. The average Bonchev–Trinajstić information content (AvgIpc) is 2.92. The van der Waals surface area contributed by atoms with Crippen molar-refractivity contribution in [2.45, 2.75) is 12.6 Å². The Morgan fingerprint density at radius 3 is 2.24 bits per heavy atom. The predicted molar refractivity (Wildman–Crippen MR) is 141 cm³/mol. The quantitative estimate of drug-likeness (QED) is 0.261. The lowest BCUT2D eigenvalue weighted by Gasteiger charge is -2.20. The molecule has 0 fully saturated rings. The monoisotopic (exact) mass is 517 g/mol. The topological polar surface area (TPSA) is 106 Å². The molecule has 8 nitrogen and oxygen atoms in total. The third kappa shape index (κ3) is 6.62. The van der Waals surface area contributed by atoms with Crippen LogP contribution in [0.1, 0.15) is 20.7 Å². The maximum Gasteiger partial charge on any atom is 0.330 e. The summed E-state index contributed by atoms with van der Waals surface area (Å²) >= 11 is 5.91. The first kappa shape index (κ1) is 25.7. The third-order valence-electron chi connectivity index (χ3n) is 5.63. The molecule has 188 valence electrons. The molecule has 0 aliphatic carbocycles. The molecule has 9 heteroatoms. The van der Waals surface area contributed by atoms with Gasteiger partial charge in [0.25, 0.3) is 17.4 Å². The standard InChI is InChI=1S/C28H24ClN3O5/c29-22-13-10-21(11-14-22)27(35)31-23(18-32-24-9-5-4-6-19(24)12-15-25(32)33)28(36)37-17-16-30-26(34)20-7-2-1-3-8-20/h1-15,23H,16-18H2,(H,30,34)(H,31,35). The number of amides is 2. The van der Waals surface area contributed by atoms with Crippen LogP contribution in [0.15, 0.2) is 95.8 Å². The number of halogens is 1. The summed E-state index contributed by atoms with van der Waals surface area (Å²) in [5, 5.41) is 6.61. The normalized spacial score (nSPS) is 11.5. The summed E-state index contributed by atoms with van der Waals surface area (Å²) in [4.78, 5) is 50.8. The van der Waals surface area contributed by atoms with E-state index in [2.05, 4.69) is 10.6 Å². The van der Waals surface area contributed by atoms with E-state index in [0.29, 0.717) is 21.7 Å². The lowest BCUT2D eigenvalue weighted by molar-refractivity contribution is -0.146. The fraction of sp³-hybridized carbons (Fsp3) is 0.143. The van der Waals surface area contributed by atoms with Crippen molar-refractivity contribution >= 4 is 40.3 Å². The SMILES string of the molecule is O=C(NCCOC(=O)C(Cn1c(=O)ccc2ccccc21)NC(=O)c1ccc(Cl)cc1)c1ccccc1. The van der Waals surface area contributed by atoms with Crippen LogP contribution in [0.5, 0.6) is 0 Å². The molecule has 1 heterocycles. The summed E-state index contributed by atoms with van der Waals surface area (Å²) in [7, 11) is 0. The number of nitrogens with zero attached hydrogens (tertiary/aromatic N) is 1. The van der Waals surface area contributed by atoms with E-state index in [1.165, 1.54) is 22.8 Å². The Morgan fingerprint density at radius 1 is 0.811 bits per heavy atom. The minimum Gasteiger partial charge on any atom is -0.462 e. The largest absolute Gasteiger partial charge is 0.462 e. The molecule has 1 unspecified atom stereocenters. The Labute approximate surface area is 217 Å². The maximum absolute atomic E-state index is 13.0. The average molecular weight is 518 g/mol. The Balaban J connectivity index is 1.48. The van der Waals surface area contributed by atoms with Gasteiger partial charge in [0.05, 0.1) is 18.6 Å². The van der Waals surface area contributed by atoms with Gasteiger partial charge in [0.15, 0.2) is 0 Å². The molecular formula is C28H24ClN3O5. The number of carbonyl (C=O) groups excluding carboxylic acids is 3. The van der Waals surface area contributed by atoms with E-state index < -0.39 is 17.9 Å². The van der Waals surface area contributed by atoms with Crippen LogP contribution in [-0.2, 0) is 16.1 Å². The van der Waals surface area contributed by atoms with Gasteiger partial charge in [0.2, 0.25) is 0 Å². The van der Waals surface area contributed by atoms with E-state index in [-0.39, 0.29) is 31.2 Å². The van der Waals surface area contributed by atoms with Crippen molar-refractivity contribution in [3.05, 3.63) is 117 Å². The molecule has 4 rings (SSSR count). The van der Waals surface area contributed by atoms with Gasteiger partial charge in [0, 0.05) is 22.2 Å². The molecule has 0 saturated carbocycles. The van der Waals surface area contributed by atoms with Crippen molar-refractivity contribution in [3.63, 3.8) is 0 Å². The van der Waals surface area contributed by atoms with Crippen molar-refractivity contribution < 1.29 is 19.1 Å². The van der Waals surface area contributed by atoms with Gasteiger partial charge < -0.3 is 19.9 Å². The summed E-state index contributed by atoms with van der Waals surface area (Å²) in [6, 6.07) is 24.0. The first-order chi connectivity index (χ1) is 17.9. The molecule has 0 saturated heterocycles. The minimum absolute atomic E-state index is 0.0749. The van der Waals surface area contributed by atoms with Gasteiger partial charge in [-0.2, -0.15) is 0 Å². The maximum atomic E-state index is 13.0. The predicted octanol–water partition coefficient (Wildman–Crippen LogP) is 3.43. The van der Waals surface area contributed by atoms with Gasteiger partial charge in [-0.15, -0.1) is 0 Å². The number of ether oxygens (including phenoxy) is 1. The molecule has 2 amide bonds.